The molecule has 3 rings (SSSR count). The van der Waals surface area contributed by atoms with Gasteiger partial charge in [0.15, 0.2) is 0 Å². The van der Waals surface area contributed by atoms with E-state index in [-0.39, 0.29) is 0 Å². The van der Waals surface area contributed by atoms with E-state index >= 15 is 0 Å². The molecule has 2 aromatic carbocycles. The van der Waals surface area contributed by atoms with Crippen molar-refractivity contribution in [1.82, 2.24) is 9.97 Å². The Hall–Kier alpha value is -2.82. The van der Waals surface area contributed by atoms with E-state index in [0.29, 0.717) is 5.95 Å². The summed E-state index contributed by atoms with van der Waals surface area (Å²) in [7, 11) is 1.66. The number of ether oxygens (including phenoxy) is 2. The van der Waals surface area contributed by atoms with Crippen LogP contribution >= 0.6 is 0 Å². The molecule has 2 N–H and O–H groups in total. The van der Waals surface area contributed by atoms with Crippen molar-refractivity contribution in [2.75, 3.05) is 19.5 Å². The molecule has 0 aliphatic heterocycles. The van der Waals surface area contributed by atoms with Crippen molar-refractivity contribution in [2.24, 2.45) is 0 Å². The minimum Gasteiger partial charge on any atom is -0.497 e. The van der Waals surface area contributed by atoms with Gasteiger partial charge in [-0.1, -0.05) is 37.5 Å². The van der Waals surface area contributed by atoms with Gasteiger partial charge in [-0.3, -0.25) is 0 Å². The number of unbranched alkanes of at least 4 members (excludes halogenated alkanes) is 4. The number of hydrogen-bond acceptors (Lipinski definition) is 5. The van der Waals surface area contributed by atoms with Crippen LogP contribution in [0.5, 0.6) is 11.5 Å². The van der Waals surface area contributed by atoms with Gasteiger partial charge in [0.1, 0.15) is 11.5 Å². The number of nitrogen functional groups attached to an aromatic ring is 1. The van der Waals surface area contributed by atoms with Crippen LogP contribution in [0.25, 0.3) is 10.9 Å². The zero-order chi connectivity index (χ0) is 18.9. The molecule has 0 spiro atoms. The zero-order valence-electron chi connectivity index (χ0n) is 15.9. The Balaban J connectivity index is 1.33. The molecule has 0 aliphatic rings. The molecule has 0 saturated carbocycles. The minimum atomic E-state index is 0.361. The summed E-state index contributed by atoms with van der Waals surface area (Å²) in [5.74, 6) is 2.10. The van der Waals surface area contributed by atoms with Crippen molar-refractivity contribution in [3.63, 3.8) is 0 Å². The highest BCUT2D eigenvalue weighted by atomic mass is 16.5. The molecule has 0 amide bonds. The smallest absolute Gasteiger partial charge is 0.220 e. The third-order valence-electron chi connectivity index (χ3n) is 4.59. The van der Waals surface area contributed by atoms with Crippen molar-refractivity contribution in [3.05, 3.63) is 54.2 Å². The number of methoxy groups -OCH3 is 1. The third kappa shape index (κ3) is 5.58. The lowest BCUT2D eigenvalue weighted by Crippen LogP contribution is -2.01. The maximum absolute atomic E-state index is 5.83. The van der Waals surface area contributed by atoms with Crippen molar-refractivity contribution in [1.29, 1.82) is 0 Å². The molecular weight excluding hydrogens is 338 g/mol. The molecule has 0 aliphatic carbocycles. The highest BCUT2D eigenvalue weighted by molar-refractivity contribution is 5.81. The molecule has 1 heterocycles. The molecule has 0 fully saturated rings. The van der Waals surface area contributed by atoms with E-state index in [1.54, 1.807) is 7.11 Å². The molecule has 0 radical (unpaired) electrons. The number of fused-ring (bicyclic) bond motifs is 1. The third-order valence-corrected chi connectivity index (χ3v) is 4.59. The van der Waals surface area contributed by atoms with E-state index in [1.807, 2.05) is 42.5 Å². The van der Waals surface area contributed by atoms with Crippen LogP contribution in [0.4, 0.5) is 5.95 Å². The number of benzene rings is 2. The Bertz CT molecular complexity index is 850. The van der Waals surface area contributed by atoms with Crippen LogP contribution in [0.2, 0.25) is 0 Å². The summed E-state index contributed by atoms with van der Waals surface area (Å²) in [6, 6.07) is 15.8. The second-order valence-corrected chi connectivity index (χ2v) is 6.59. The van der Waals surface area contributed by atoms with Gasteiger partial charge < -0.3 is 15.2 Å². The monoisotopic (exact) mass is 365 g/mol. The fourth-order valence-electron chi connectivity index (χ4n) is 3.14. The lowest BCUT2D eigenvalue weighted by molar-refractivity contribution is 0.303. The van der Waals surface area contributed by atoms with Crippen LogP contribution in [0, 0.1) is 0 Å². The summed E-state index contributed by atoms with van der Waals surface area (Å²) < 4.78 is 10.9. The summed E-state index contributed by atoms with van der Waals surface area (Å²) >= 11 is 0. The van der Waals surface area contributed by atoms with E-state index in [1.165, 1.54) is 19.3 Å². The van der Waals surface area contributed by atoms with E-state index in [4.69, 9.17) is 15.2 Å². The van der Waals surface area contributed by atoms with E-state index in [9.17, 15) is 0 Å². The predicted octanol–water partition coefficient (Wildman–Crippen LogP) is 4.79. The molecule has 142 valence electrons. The van der Waals surface area contributed by atoms with Gasteiger partial charge in [0.2, 0.25) is 5.95 Å². The molecule has 5 nitrogen and oxygen atoms in total. The normalized spacial score (nSPS) is 10.9. The average molecular weight is 365 g/mol. The lowest BCUT2D eigenvalue weighted by atomic mass is 10.1. The van der Waals surface area contributed by atoms with Crippen molar-refractivity contribution >= 4 is 16.9 Å². The Labute approximate surface area is 160 Å². The number of rotatable bonds is 10. The lowest BCUT2D eigenvalue weighted by Gasteiger charge is -2.08. The second kappa shape index (κ2) is 9.76. The molecule has 0 unspecified atom stereocenters. The first kappa shape index (κ1) is 19.0. The molecule has 0 bridgehead atoms. The van der Waals surface area contributed by atoms with E-state index in [2.05, 4.69) is 16.0 Å². The molecular formula is C22H27N3O2. The second-order valence-electron chi connectivity index (χ2n) is 6.59. The molecule has 0 saturated heterocycles. The van der Waals surface area contributed by atoms with Crippen LogP contribution in [0.3, 0.4) is 0 Å². The maximum atomic E-state index is 5.83. The van der Waals surface area contributed by atoms with Crippen molar-refractivity contribution < 1.29 is 9.47 Å². The van der Waals surface area contributed by atoms with Crippen molar-refractivity contribution in [3.8, 4) is 11.5 Å². The van der Waals surface area contributed by atoms with E-state index in [0.717, 1.165) is 54.0 Å². The highest BCUT2D eigenvalue weighted by Crippen LogP contribution is 2.19. The SMILES string of the molecule is COc1ccc(OCCCCCCCc2nc(N)nc3ccccc23)cc1. The highest BCUT2D eigenvalue weighted by Gasteiger charge is 2.05. The number of nitrogens with zero attached hydrogens (tertiary/aromatic N) is 2. The summed E-state index contributed by atoms with van der Waals surface area (Å²) in [5.41, 5.74) is 7.81. The predicted molar refractivity (Wildman–Crippen MR) is 109 cm³/mol. The Morgan fingerprint density at radius 3 is 2.33 bits per heavy atom. The first-order valence-corrected chi connectivity index (χ1v) is 9.54. The van der Waals surface area contributed by atoms with Gasteiger partial charge in [0, 0.05) is 5.39 Å². The number of para-hydroxylation sites is 1. The van der Waals surface area contributed by atoms with Crippen LogP contribution < -0.4 is 15.2 Å². The number of aryl methyl sites for hydroxylation is 1. The quantitative estimate of drug-likeness (QED) is 0.523. The molecule has 1 aromatic heterocycles. The standard InChI is InChI=1S/C22H27N3O2/c1-26-17-12-14-18(15-13-17)27-16-8-4-2-3-5-10-20-19-9-6-7-11-21(19)25-22(23)24-20/h6-7,9,11-15H,2-5,8,10,16H2,1H3,(H2,23,24,25). The summed E-state index contributed by atoms with van der Waals surface area (Å²) in [5, 5.41) is 1.11. The van der Waals surface area contributed by atoms with Gasteiger partial charge >= 0.3 is 0 Å². The fourth-order valence-corrected chi connectivity index (χ4v) is 3.14. The fraction of sp³-hybridized carbons (Fsp3) is 0.364. The average Bonchev–Trinajstić information content (AvgIpc) is 2.70. The summed E-state index contributed by atoms with van der Waals surface area (Å²) in [6.45, 7) is 0.749. The van der Waals surface area contributed by atoms with Gasteiger partial charge in [0.25, 0.3) is 0 Å². The largest absolute Gasteiger partial charge is 0.497 e. The zero-order valence-corrected chi connectivity index (χ0v) is 15.9. The molecule has 0 atom stereocenters. The van der Waals surface area contributed by atoms with Crippen LogP contribution in [0.15, 0.2) is 48.5 Å². The van der Waals surface area contributed by atoms with Crippen LogP contribution in [-0.4, -0.2) is 23.7 Å². The Kier molecular flexibility index (Phi) is 6.85. The number of nitrogens with two attached hydrogens (primary N) is 1. The summed E-state index contributed by atoms with van der Waals surface area (Å²) in [6.07, 6.45) is 6.67. The molecule has 5 heteroatoms. The van der Waals surface area contributed by atoms with Gasteiger partial charge in [-0.15, -0.1) is 0 Å². The number of aromatic nitrogens is 2. The Morgan fingerprint density at radius 1 is 0.815 bits per heavy atom. The molecule has 27 heavy (non-hydrogen) atoms. The minimum absolute atomic E-state index is 0.361. The molecule has 3 aromatic rings. The topological polar surface area (TPSA) is 70.3 Å². The number of anilines is 1. The van der Waals surface area contributed by atoms with Gasteiger partial charge in [-0.2, -0.15) is 0 Å². The van der Waals surface area contributed by atoms with Gasteiger partial charge in [-0.05, 0) is 49.6 Å². The van der Waals surface area contributed by atoms with Crippen LogP contribution in [-0.2, 0) is 6.42 Å². The first-order chi connectivity index (χ1) is 13.3. The van der Waals surface area contributed by atoms with Gasteiger partial charge in [-0.25, -0.2) is 9.97 Å². The van der Waals surface area contributed by atoms with E-state index < -0.39 is 0 Å². The number of hydrogen-bond donors (Lipinski definition) is 1. The van der Waals surface area contributed by atoms with Crippen LogP contribution in [0.1, 0.15) is 37.8 Å². The maximum Gasteiger partial charge on any atom is 0.220 e. The van der Waals surface area contributed by atoms with Crippen molar-refractivity contribution in [2.45, 2.75) is 38.5 Å². The first-order valence-electron chi connectivity index (χ1n) is 9.54. The summed E-state index contributed by atoms with van der Waals surface area (Å²) in [4.78, 5) is 8.73. The Morgan fingerprint density at radius 2 is 1.52 bits per heavy atom. The van der Waals surface area contributed by atoms with Gasteiger partial charge in [0.05, 0.1) is 24.9 Å².